The van der Waals surface area contributed by atoms with Gasteiger partial charge in [-0.3, -0.25) is 4.79 Å². The third-order valence-electron chi connectivity index (χ3n) is 3.82. The minimum Gasteiger partial charge on any atom is -0.494 e. The van der Waals surface area contributed by atoms with Gasteiger partial charge in [-0.2, -0.15) is 0 Å². The first-order valence-electron chi connectivity index (χ1n) is 8.44. The summed E-state index contributed by atoms with van der Waals surface area (Å²) >= 11 is 0. The molecule has 1 amide bonds. The Balaban J connectivity index is 1.87. The smallest absolute Gasteiger partial charge is 0.340 e. The molecular formula is C20H24N2O4. The highest BCUT2D eigenvalue weighted by Gasteiger charge is 2.16. The second-order valence-electron chi connectivity index (χ2n) is 5.70. The highest BCUT2D eigenvalue weighted by atomic mass is 16.5. The molecule has 0 atom stereocenters. The van der Waals surface area contributed by atoms with Gasteiger partial charge in [0.15, 0.2) is 6.61 Å². The van der Waals surface area contributed by atoms with Crippen molar-refractivity contribution >= 4 is 17.6 Å². The number of hydrogen-bond acceptors (Lipinski definition) is 5. The van der Waals surface area contributed by atoms with Crippen LogP contribution in [0.2, 0.25) is 0 Å². The summed E-state index contributed by atoms with van der Waals surface area (Å²) < 4.78 is 10.5. The number of para-hydroxylation sites is 1. The molecule has 0 saturated carbocycles. The van der Waals surface area contributed by atoms with Crippen molar-refractivity contribution in [2.45, 2.75) is 13.5 Å². The fourth-order valence-corrected chi connectivity index (χ4v) is 2.41. The zero-order valence-electron chi connectivity index (χ0n) is 15.3. The number of anilines is 1. The molecule has 0 aliphatic rings. The molecule has 2 aromatic rings. The Labute approximate surface area is 153 Å². The SMILES string of the molecule is CCOc1ccc(CN(C)C(=O)COC(=O)c2ccccc2NC)cc1. The predicted molar refractivity (Wildman–Crippen MR) is 100 cm³/mol. The van der Waals surface area contributed by atoms with Crippen molar-refractivity contribution in [3.05, 3.63) is 59.7 Å². The normalized spacial score (nSPS) is 10.1. The van der Waals surface area contributed by atoms with E-state index in [4.69, 9.17) is 9.47 Å². The molecule has 26 heavy (non-hydrogen) atoms. The van der Waals surface area contributed by atoms with Gasteiger partial charge < -0.3 is 19.7 Å². The second-order valence-corrected chi connectivity index (χ2v) is 5.70. The number of ether oxygens (including phenoxy) is 2. The number of nitrogens with zero attached hydrogens (tertiary/aromatic N) is 1. The molecule has 0 fully saturated rings. The topological polar surface area (TPSA) is 67.9 Å². The van der Waals surface area contributed by atoms with Crippen molar-refractivity contribution in [3.63, 3.8) is 0 Å². The molecule has 0 radical (unpaired) electrons. The second kappa shape index (κ2) is 9.46. The van der Waals surface area contributed by atoms with Gasteiger partial charge in [-0.05, 0) is 36.8 Å². The average Bonchev–Trinajstić information content (AvgIpc) is 2.67. The Morgan fingerprint density at radius 2 is 1.77 bits per heavy atom. The van der Waals surface area contributed by atoms with Crippen LogP contribution < -0.4 is 10.1 Å². The highest BCUT2D eigenvalue weighted by molar-refractivity contribution is 5.96. The van der Waals surface area contributed by atoms with Gasteiger partial charge in [-0.25, -0.2) is 4.79 Å². The molecule has 138 valence electrons. The lowest BCUT2D eigenvalue weighted by Crippen LogP contribution is -2.30. The minimum atomic E-state index is -0.530. The molecular weight excluding hydrogens is 332 g/mol. The van der Waals surface area contributed by atoms with Gasteiger partial charge in [0.05, 0.1) is 12.2 Å². The first-order chi connectivity index (χ1) is 12.5. The Hall–Kier alpha value is -3.02. The molecule has 0 aliphatic heterocycles. The van der Waals surface area contributed by atoms with Crippen molar-refractivity contribution in [3.8, 4) is 5.75 Å². The average molecular weight is 356 g/mol. The van der Waals surface area contributed by atoms with E-state index in [9.17, 15) is 9.59 Å². The summed E-state index contributed by atoms with van der Waals surface area (Å²) in [4.78, 5) is 25.9. The van der Waals surface area contributed by atoms with Crippen molar-refractivity contribution in [1.29, 1.82) is 0 Å². The van der Waals surface area contributed by atoms with Crippen LogP contribution in [0, 0.1) is 0 Å². The fraction of sp³-hybridized carbons (Fsp3) is 0.300. The Kier molecular flexibility index (Phi) is 7.02. The van der Waals surface area contributed by atoms with E-state index in [0.29, 0.717) is 24.4 Å². The largest absolute Gasteiger partial charge is 0.494 e. The number of benzene rings is 2. The van der Waals surface area contributed by atoms with Crippen molar-refractivity contribution in [2.75, 3.05) is 32.6 Å². The van der Waals surface area contributed by atoms with Gasteiger partial charge in [0.25, 0.3) is 5.91 Å². The molecule has 6 heteroatoms. The lowest BCUT2D eigenvalue weighted by molar-refractivity contribution is -0.133. The van der Waals surface area contributed by atoms with Gasteiger partial charge in [0, 0.05) is 26.3 Å². The van der Waals surface area contributed by atoms with Gasteiger partial charge in [0.1, 0.15) is 5.75 Å². The summed E-state index contributed by atoms with van der Waals surface area (Å²) in [5.74, 6) is -0.00528. The molecule has 0 aliphatic carbocycles. The van der Waals surface area contributed by atoms with Crippen LogP contribution in [0.25, 0.3) is 0 Å². The number of amides is 1. The molecule has 0 saturated heterocycles. The molecule has 0 spiro atoms. The van der Waals surface area contributed by atoms with E-state index >= 15 is 0 Å². The molecule has 0 bridgehead atoms. The summed E-state index contributed by atoms with van der Waals surface area (Å²) in [6.45, 7) is 2.66. The third kappa shape index (κ3) is 5.24. The number of hydrogen-bond donors (Lipinski definition) is 1. The van der Waals surface area contributed by atoms with Crippen LogP contribution in [0.5, 0.6) is 5.75 Å². The van der Waals surface area contributed by atoms with Gasteiger partial charge in [0.2, 0.25) is 0 Å². The summed E-state index contributed by atoms with van der Waals surface area (Å²) in [5, 5.41) is 2.93. The van der Waals surface area contributed by atoms with E-state index in [1.165, 1.54) is 4.90 Å². The minimum absolute atomic E-state index is 0.269. The van der Waals surface area contributed by atoms with E-state index < -0.39 is 5.97 Å². The summed E-state index contributed by atoms with van der Waals surface area (Å²) in [5.41, 5.74) is 2.03. The zero-order valence-corrected chi connectivity index (χ0v) is 15.3. The number of carbonyl (C=O) groups is 2. The molecule has 0 unspecified atom stereocenters. The molecule has 2 aromatic carbocycles. The van der Waals surface area contributed by atoms with Gasteiger partial charge in [-0.1, -0.05) is 24.3 Å². The van der Waals surface area contributed by atoms with Crippen LogP contribution in [-0.4, -0.2) is 44.1 Å². The summed E-state index contributed by atoms with van der Waals surface area (Å²) in [6.07, 6.45) is 0. The predicted octanol–water partition coefficient (Wildman–Crippen LogP) is 2.94. The number of esters is 1. The quantitative estimate of drug-likeness (QED) is 0.737. The number of rotatable bonds is 8. The number of likely N-dealkylation sites (N-methyl/N-ethyl adjacent to an activating group) is 1. The molecule has 1 N–H and O–H groups in total. The van der Waals surface area contributed by atoms with Crippen LogP contribution in [0.1, 0.15) is 22.8 Å². The van der Waals surface area contributed by atoms with Gasteiger partial charge >= 0.3 is 5.97 Å². The van der Waals surface area contributed by atoms with E-state index in [2.05, 4.69) is 5.32 Å². The maximum atomic E-state index is 12.2. The maximum Gasteiger partial charge on any atom is 0.340 e. The lowest BCUT2D eigenvalue weighted by atomic mass is 10.2. The van der Waals surface area contributed by atoms with Crippen LogP contribution in [0.4, 0.5) is 5.69 Å². The third-order valence-corrected chi connectivity index (χ3v) is 3.82. The Bertz CT molecular complexity index is 744. The van der Waals surface area contributed by atoms with Crippen LogP contribution in [-0.2, 0) is 16.1 Å². The van der Waals surface area contributed by atoms with Crippen molar-refractivity contribution in [2.24, 2.45) is 0 Å². The van der Waals surface area contributed by atoms with E-state index in [-0.39, 0.29) is 12.5 Å². The van der Waals surface area contributed by atoms with Crippen molar-refractivity contribution < 1.29 is 19.1 Å². The molecule has 6 nitrogen and oxygen atoms in total. The number of carbonyl (C=O) groups excluding carboxylic acids is 2. The Morgan fingerprint density at radius 1 is 1.08 bits per heavy atom. The lowest BCUT2D eigenvalue weighted by Gasteiger charge is -2.17. The van der Waals surface area contributed by atoms with E-state index in [1.807, 2.05) is 37.3 Å². The van der Waals surface area contributed by atoms with E-state index in [1.54, 1.807) is 32.3 Å². The maximum absolute atomic E-state index is 12.2. The van der Waals surface area contributed by atoms with Crippen LogP contribution in [0.3, 0.4) is 0 Å². The monoisotopic (exact) mass is 356 g/mol. The van der Waals surface area contributed by atoms with E-state index in [0.717, 1.165) is 11.3 Å². The molecule has 0 aromatic heterocycles. The summed E-state index contributed by atoms with van der Waals surface area (Å²) in [6, 6.07) is 14.5. The highest BCUT2D eigenvalue weighted by Crippen LogP contribution is 2.16. The first-order valence-corrected chi connectivity index (χ1v) is 8.44. The Morgan fingerprint density at radius 3 is 2.42 bits per heavy atom. The molecule has 2 rings (SSSR count). The number of nitrogens with one attached hydrogen (secondary N) is 1. The van der Waals surface area contributed by atoms with Crippen molar-refractivity contribution in [1.82, 2.24) is 4.90 Å². The van der Waals surface area contributed by atoms with Crippen LogP contribution in [0.15, 0.2) is 48.5 Å². The standard InChI is InChI=1S/C20H24N2O4/c1-4-25-16-11-9-15(10-12-16)13-22(3)19(23)14-26-20(24)17-7-5-6-8-18(17)21-2/h5-12,21H,4,13-14H2,1-3H3. The van der Waals surface area contributed by atoms with Gasteiger partial charge in [-0.15, -0.1) is 0 Å². The zero-order chi connectivity index (χ0) is 18.9. The first kappa shape index (κ1) is 19.3. The fourth-order valence-electron chi connectivity index (χ4n) is 2.41. The summed E-state index contributed by atoms with van der Waals surface area (Å²) in [7, 11) is 3.40. The van der Waals surface area contributed by atoms with Crippen LogP contribution >= 0.6 is 0 Å². The molecule has 0 heterocycles.